The van der Waals surface area contributed by atoms with Crippen LogP contribution in [-0.4, -0.2) is 37.3 Å². The van der Waals surface area contributed by atoms with Gasteiger partial charge in [0.2, 0.25) is 0 Å². The number of nitrogens with one attached hydrogen (secondary N) is 1. The number of nitrogens with zero attached hydrogens (tertiary/aromatic N) is 2. The number of halogens is 1. The highest BCUT2D eigenvalue weighted by molar-refractivity contribution is 9.10. The van der Waals surface area contributed by atoms with E-state index in [2.05, 4.69) is 25.6 Å². The summed E-state index contributed by atoms with van der Waals surface area (Å²) in [5, 5.41) is 0. The molecule has 2 heterocycles. The largest absolute Gasteiger partial charge is 0.330 e. The van der Waals surface area contributed by atoms with E-state index in [1.807, 2.05) is 0 Å². The molecule has 0 saturated carbocycles. The summed E-state index contributed by atoms with van der Waals surface area (Å²) in [5.74, 6) is 0.557. The van der Waals surface area contributed by atoms with E-state index in [9.17, 15) is 8.42 Å². The van der Waals surface area contributed by atoms with E-state index < -0.39 is 10.2 Å². The molecule has 3 N–H and O–H groups in total. The van der Waals surface area contributed by atoms with Crippen molar-refractivity contribution in [3.63, 3.8) is 0 Å². The second-order valence-electron chi connectivity index (χ2n) is 4.57. The molecule has 1 atom stereocenters. The molecule has 19 heavy (non-hydrogen) atoms. The van der Waals surface area contributed by atoms with E-state index >= 15 is 0 Å². The quantitative estimate of drug-likeness (QED) is 0.854. The lowest BCUT2D eigenvalue weighted by molar-refractivity contribution is 0.273. The Labute approximate surface area is 121 Å². The molecular weight excluding hydrogens is 332 g/mol. The van der Waals surface area contributed by atoms with E-state index in [0.29, 0.717) is 25.5 Å². The zero-order valence-corrected chi connectivity index (χ0v) is 12.8. The summed E-state index contributed by atoms with van der Waals surface area (Å²) in [4.78, 5) is 4.01. The van der Waals surface area contributed by atoms with Gasteiger partial charge in [-0.25, -0.2) is 4.98 Å². The molecule has 1 aromatic rings. The Morgan fingerprint density at radius 3 is 2.95 bits per heavy atom. The summed E-state index contributed by atoms with van der Waals surface area (Å²) in [6.07, 6.45) is 3.38. The van der Waals surface area contributed by atoms with Crippen LogP contribution in [0.5, 0.6) is 0 Å². The van der Waals surface area contributed by atoms with Crippen molar-refractivity contribution in [2.75, 3.05) is 24.4 Å². The Morgan fingerprint density at radius 2 is 2.32 bits per heavy atom. The molecule has 1 fully saturated rings. The topological polar surface area (TPSA) is 88.3 Å². The van der Waals surface area contributed by atoms with Crippen molar-refractivity contribution in [2.45, 2.75) is 12.8 Å². The minimum Gasteiger partial charge on any atom is -0.330 e. The van der Waals surface area contributed by atoms with Crippen LogP contribution in [0.15, 0.2) is 22.8 Å². The molecule has 0 bridgehead atoms. The average Bonchev–Trinajstić information content (AvgIpc) is 2.41. The van der Waals surface area contributed by atoms with Gasteiger partial charge in [-0.05, 0) is 53.4 Å². The van der Waals surface area contributed by atoms with Gasteiger partial charge in [0.15, 0.2) is 0 Å². The van der Waals surface area contributed by atoms with Gasteiger partial charge in [0.05, 0.1) is 0 Å². The molecule has 1 saturated heterocycles. The lowest BCUT2D eigenvalue weighted by Gasteiger charge is -2.31. The molecular formula is C11H17BrN4O2S. The molecule has 1 aliphatic rings. The summed E-state index contributed by atoms with van der Waals surface area (Å²) in [7, 11) is -3.54. The molecule has 2 rings (SSSR count). The minimum absolute atomic E-state index is 0.239. The van der Waals surface area contributed by atoms with Crippen molar-refractivity contribution in [1.82, 2.24) is 9.29 Å². The fourth-order valence-corrected chi connectivity index (χ4v) is 3.60. The van der Waals surface area contributed by atoms with Gasteiger partial charge in [-0.3, -0.25) is 4.72 Å². The van der Waals surface area contributed by atoms with Gasteiger partial charge in [-0.2, -0.15) is 12.7 Å². The van der Waals surface area contributed by atoms with E-state index in [4.69, 9.17) is 5.73 Å². The predicted molar refractivity (Wildman–Crippen MR) is 77.8 cm³/mol. The van der Waals surface area contributed by atoms with E-state index in [-0.39, 0.29) is 5.92 Å². The van der Waals surface area contributed by atoms with E-state index in [0.717, 1.165) is 17.3 Å². The van der Waals surface area contributed by atoms with Crippen LogP contribution in [0.1, 0.15) is 12.8 Å². The molecule has 6 nitrogen and oxygen atoms in total. The van der Waals surface area contributed by atoms with Crippen molar-refractivity contribution < 1.29 is 8.42 Å². The number of piperidine rings is 1. The maximum atomic E-state index is 12.2. The molecule has 8 heteroatoms. The van der Waals surface area contributed by atoms with Crippen molar-refractivity contribution in [3.05, 3.63) is 22.8 Å². The van der Waals surface area contributed by atoms with Crippen molar-refractivity contribution in [2.24, 2.45) is 11.7 Å². The first-order chi connectivity index (χ1) is 9.01. The first-order valence-electron chi connectivity index (χ1n) is 6.11. The van der Waals surface area contributed by atoms with Crippen LogP contribution in [-0.2, 0) is 10.2 Å². The number of rotatable bonds is 4. The van der Waals surface area contributed by atoms with Gasteiger partial charge < -0.3 is 5.73 Å². The van der Waals surface area contributed by atoms with Crippen LogP contribution >= 0.6 is 15.9 Å². The Balaban J connectivity index is 2.07. The van der Waals surface area contributed by atoms with Crippen molar-refractivity contribution in [1.29, 1.82) is 0 Å². The number of pyridine rings is 1. The monoisotopic (exact) mass is 348 g/mol. The van der Waals surface area contributed by atoms with Crippen LogP contribution in [0, 0.1) is 5.92 Å². The van der Waals surface area contributed by atoms with E-state index in [1.54, 1.807) is 18.3 Å². The van der Waals surface area contributed by atoms with Gasteiger partial charge >= 0.3 is 10.2 Å². The molecule has 106 valence electrons. The number of anilines is 1. The number of hydrogen-bond acceptors (Lipinski definition) is 4. The second-order valence-corrected chi connectivity index (χ2v) is 7.16. The molecule has 0 aliphatic carbocycles. The highest BCUT2D eigenvalue weighted by Gasteiger charge is 2.28. The van der Waals surface area contributed by atoms with Gasteiger partial charge in [-0.15, -0.1) is 0 Å². The second kappa shape index (κ2) is 6.17. The fourth-order valence-electron chi connectivity index (χ4n) is 2.07. The molecule has 0 spiro atoms. The number of hydrogen-bond donors (Lipinski definition) is 2. The first kappa shape index (κ1) is 14.7. The van der Waals surface area contributed by atoms with Crippen LogP contribution in [0.2, 0.25) is 0 Å². The number of aromatic nitrogens is 1. The predicted octanol–water partition coefficient (Wildman–Crippen LogP) is 1.17. The highest BCUT2D eigenvalue weighted by atomic mass is 79.9. The highest BCUT2D eigenvalue weighted by Crippen LogP contribution is 2.19. The smallest absolute Gasteiger partial charge is 0.302 e. The van der Waals surface area contributed by atoms with Crippen LogP contribution < -0.4 is 10.5 Å². The molecule has 0 amide bonds. The average molecular weight is 349 g/mol. The third-order valence-electron chi connectivity index (χ3n) is 3.12. The fraction of sp³-hybridized carbons (Fsp3) is 0.545. The van der Waals surface area contributed by atoms with Crippen LogP contribution in [0.4, 0.5) is 5.82 Å². The van der Waals surface area contributed by atoms with E-state index in [1.165, 1.54) is 4.31 Å². The Morgan fingerprint density at radius 1 is 1.53 bits per heavy atom. The standard InChI is InChI=1S/C11H17BrN4O2S/c12-10-3-4-11(14-7-10)15-19(17,18)16-5-1-2-9(6-13)8-16/h3-4,7,9H,1-2,5-6,8,13H2,(H,14,15). The molecule has 1 unspecified atom stereocenters. The summed E-state index contributed by atoms with van der Waals surface area (Å²) in [6, 6.07) is 3.36. The lowest BCUT2D eigenvalue weighted by Crippen LogP contribution is -2.44. The maximum absolute atomic E-state index is 12.2. The minimum atomic E-state index is -3.54. The number of nitrogens with two attached hydrogens (primary N) is 1. The molecule has 1 aromatic heterocycles. The van der Waals surface area contributed by atoms with Gasteiger partial charge in [-0.1, -0.05) is 0 Å². The third kappa shape index (κ3) is 3.88. The Bertz CT molecular complexity index is 520. The molecule has 0 radical (unpaired) electrons. The van der Waals surface area contributed by atoms with Crippen molar-refractivity contribution >= 4 is 32.0 Å². The lowest BCUT2D eigenvalue weighted by atomic mass is 10.0. The molecule has 0 aromatic carbocycles. The SMILES string of the molecule is NCC1CCCN(S(=O)(=O)Nc2ccc(Br)cn2)C1. The van der Waals surface area contributed by atoms with Crippen molar-refractivity contribution in [3.8, 4) is 0 Å². The normalized spacial score (nSPS) is 21.3. The van der Waals surface area contributed by atoms with Crippen LogP contribution in [0.3, 0.4) is 0 Å². The van der Waals surface area contributed by atoms with Gasteiger partial charge in [0.1, 0.15) is 5.82 Å². The molecule has 1 aliphatic heterocycles. The summed E-state index contributed by atoms with van der Waals surface area (Å²) in [5.41, 5.74) is 5.62. The van der Waals surface area contributed by atoms with Crippen LogP contribution in [0.25, 0.3) is 0 Å². The summed E-state index contributed by atoms with van der Waals surface area (Å²) >= 11 is 3.25. The third-order valence-corrected chi connectivity index (χ3v) is 5.06. The zero-order valence-electron chi connectivity index (χ0n) is 10.4. The zero-order chi connectivity index (χ0) is 13.9. The van der Waals surface area contributed by atoms with Gasteiger partial charge in [0.25, 0.3) is 0 Å². The Hall–Kier alpha value is -0.700. The maximum Gasteiger partial charge on any atom is 0.302 e. The summed E-state index contributed by atoms with van der Waals surface area (Å²) in [6.45, 7) is 1.52. The summed E-state index contributed by atoms with van der Waals surface area (Å²) < 4.78 is 29.2. The first-order valence-corrected chi connectivity index (χ1v) is 8.34. The van der Waals surface area contributed by atoms with Gasteiger partial charge in [0, 0.05) is 23.8 Å². The Kier molecular flexibility index (Phi) is 4.77.